The number of thioether (sulfide) groups is 1. The summed E-state index contributed by atoms with van der Waals surface area (Å²) in [7, 11) is 0. The molecule has 0 aliphatic rings. The van der Waals surface area contributed by atoms with Crippen LogP contribution in [0.5, 0.6) is 0 Å². The fourth-order valence-corrected chi connectivity index (χ4v) is 3.38. The second-order valence-corrected chi connectivity index (χ2v) is 6.82. The quantitative estimate of drug-likeness (QED) is 0.443. The van der Waals surface area contributed by atoms with Crippen LogP contribution in [0.25, 0.3) is 22.6 Å². The average Bonchev–Trinajstić information content (AvgIpc) is 3.22. The molecule has 28 heavy (non-hydrogen) atoms. The monoisotopic (exact) mass is 388 g/mol. The van der Waals surface area contributed by atoms with E-state index in [4.69, 9.17) is 4.42 Å². The highest BCUT2D eigenvalue weighted by Crippen LogP contribution is 2.28. The van der Waals surface area contributed by atoms with E-state index in [0.717, 1.165) is 16.7 Å². The normalized spacial score (nSPS) is 10.6. The third-order valence-corrected chi connectivity index (χ3v) is 4.95. The molecule has 0 atom stereocenters. The molecule has 4 rings (SSSR count). The summed E-state index contributed by atoms with van der Waals surface area (Å²) in [5.74, 6) is 0.701. The van der Waals surface area contributed by atoms with Crippen LogP contribution in [0.2, 0.25) is 0 Å². The highest BCUT2D eigenvalue weighted by molar-refractivity contribution is 7.98. The highest BCUT2D eigenvalue weighted by atomic mass is 32.2. The molecule has 0 aliphatic carbocycles. The lowest BCUT2D eigenvalue weighted by Gasteiger charge is -2.06. The van der Waals surface area contributed by atoms with Crippen molar-refractivity contribution in [2.75, 3.05) is 0 Å². The van der Waals surface area contributed by atoms with E-state index < -0.39 is 5.82 Å². The number of nitriles is 1. The van der Waals surface area contributed by atoms with Crippen LogP contribution in [-0.4, -0.2) is 15.2 Å². The Kier molecular flexibility index (Phi) is 5.13. The summed E-state index contributed by atoms with van der Waals surface area (Å²) >= 11 is 1.44. The SMILES string of the molecule is N#Cc1cc(F)ccc1-c1ccc(CSc2nnc(-c3ccncc3)o2)cc1. The van der Waals surface area contributed by atoms with Crippen LogP contribution in [0, 0.1) is 17.1 Å². The van der Waals surface area contributed by atoms with Gasteiger partial charge in [-0.25, -0.2) is 4.39 Å². The lowest BCUT2D eigenvalue weighted by atomic mass is 9.99. The third kappa shape index (κ3) is 3.92. The molecule has 2 aromatic carbocycles. The van der Waals surface area contributed by atoms with E-state index in [1.807, 2.05) is 42.5 Å². The van der Waals surface area contributed by atoms with Gasteiger partial charge in [-0.2, -0.15) is 5.26 Å². The molecule has 0 unspecified atom stereocenters. The van der Waals surface area contributed by atoms with Gasteiger partial charge in [-0.1, -0.05) is 42.1 Å². The molecule has 4 aromatic rings. The van der Waals surface area contributed by atoms with E-state index >= 15 is 0 Å². The Bertz CT molecular complexity index is 1140. The molecule has 5 nitrogen and oxygen atoms in total. The second-order valence-electron chi connectivity index (χ2n) is 5.90. The molecule has 0 amide bonds. The topological polar surface area (TPSA) is 75.6 Å². The molecule has 136 valence electrons. The van der Waals surface area contributed by atoms with Crippen molar-refractivity contribution in [3.05, 3.63) is 83.9 Å². The van der Waals surface area contributed by atoms with Crippen LogP contribution in [0.15, 0.2) is 76.6 Å². The van der Waals surface area contributed by atoms with Crippen molar-refractivity contribution in [3.63, 3.8) is 0 Å². The zero-order valence-corrected chi connectivity index (χ0v) is 15.4. The summed E-state index contributed by atoms with van der Waals surface area (Å²) in [6.07, 6.45) is 3.35. The van der Waals surface area contributed by atoms with Crippen molar-refractivity contribution in [1.82, 2.24) is 15.2 Å². The zero-order valence-electron chi connectivity index (χ0n) is 14.5. The van der Waals surface area contributed by atoms with Crippen molar-refractivity contribution in [3.8, 4) is 28.7 Å². The van der Waals surface area contributed by atoms with Crippen LogP contribution >= 0.6 is 11.8 Å². The second kappa shape index (κ2) is 8.03. The Hall–Kier alpha value is -3.50. The summed E-state index contributed by atoms with van der Waals surface area (Å²) in [5, 5.41) is 17.8. The zero-order chi connectivity index (χ0) is 19.3. The number of hydrogen-bond donors (Lipinski definition) is 0. The van der Waals surface area contributed by atoms with Gasteiger partial charge in [0.25, 0.3) is 5.22 Å². The molecule has 0 spiro atoms. The van der Waals surface area contributed by atoms with Gasteiger partial charge in [-0.15, -0.1) is 10.2 Å². The van der Waals surface area contributed by atoms with Gasteiger partial charge in [-0.05, 0) is 41.0 Å². The molecule has 0 saturated heterocycles. The maximum absolute atomic E-state index is 13.3. The molecule has 0 bridgehead atoms. The number of hydrogen-bond acceptors (Lipinski definition) is 6. The summed E-state index contributed by atoms with van der Waals surface area (Å²) in [5.41, 5.74) is 3.78. The highest BCUT2D eigenvalue weighted by Gasteiger charge is 2.10. The van der Waals surface area contributed by atoms with E-state index in [1.165, 1.54) is 23.9 Å². The molecule has 0 fully saturated rings. The van der Waals surface area contributed by atoms with Gasteiger partial charge < -0.3 is 4.42 Å². The van der Waals surface area contributed by atoms with Crippen LogP contribution in [0.3, 0.4) is 0 Å². The molecule has 0 aliphatic heterocycles. The van der Waals surface area contributed by atoms with Gasteiger partial charge in [0.2, 0.25) is 5.89 Å². The van der Waals surface area contributed by atoms with E-state index in [0.29, 0.717) is 28.0 Å². The molecule has 2 aromatic heterocycles. The van der Waals surface area contributed by atoms with Crippen molar-refractivity contribution < 1.29 is 8.81 Å². The fourth-order valence-electron chi connectivity index (χ4n) is 2.67. The average molecular weight is 388 g/mol. The fraction of sp³-hybridized carbons (Fsp3) is 0.0476. The minimum Gasteiger partial charge on any atom is -0.411 e. The van der Waals surface area contributed by atoms with Crippen LogP contribution in [-0.2, 0) is 5.75 Å². The third-order valence-electron chi connectivity index (χ3n) is 4.06. The first-order valence-corrected chi connectivity index (χ1v) is 9.37. The number of aromatic nitrogens is 3. The first kappa shape index (κ1) is 17.9. The van der Waals surface area contributed by atoms with Gasteiger partial charge in [0.05, 0.1) is 11.6 Å². The van der Waals surface area contributed by atoms with E-state index in [1.54, 1.807) is 18.5 Å². The molecule has 0 radical (unpaired) electrons. The summed E-state index contributed by atoms with van der Waals surface area (Å²) in [6, 6.07) is 17.6. The smallest absolute Gasteiger partial charge is 0.277 e. The lowest BCUT2D eigenvalue weighted by molar-refractivity contribution is 0.466. The van der Waals surface area contributed by atoms with Crippen LogP contribution < -0.4 is 0 Å². The van der Waals surface area contributed by atoms with Crippen molar-refractivity contribution >= 4 is 11.8 Å². The maximum Gasteiger partial charge on any atom is 0.277 e. The van der Waals surface area contributed by atoms with Gasteiger partial charge in [-0.3, -0.25) is 4.98 Å². The number of benzene rings is 2. The number of nitrogens with zero attached hydrogens (tertiary/aromatic N) is 4. The van der Waals surface area contributed by atoms with Gasteiger partial charge in [0.15, 0.2) is 0 Å². The Morgan fingerprint density at radius 1 is 0.964 bits per heavy atom. The van der Waals surface area contributed by atoms with E-state index in [-0.39, 0.29) is 0 Å². The van der Waals surface area contributed by atoms with Gasteiger partial charge in [0.1, 0.15) is 5.82 Å². The standard InChI is InChI=1S/C21H13FN4OS/c22-18-5-6-19(17(11-18)12-23)15-3-1-14(2-4-15)13-28-21-26-25-20(27-21)16-7-9-24-10-8-16/h1-11H,13H2. The minimum absolute atomic E-state index is 0.316. The molecule has 7 heteroatoms. The maximum atomic E-state index is 13.3. The number of rotatable bonds is 5. The van der Waals surface area contributed by atoms with Crippen molar-refractivity contribution in [1.29, 1.82) is 5.26 Å². The predicted molar refractivity (Wildman–Crippen MR) is 104 cm³/mol. The van der Waals surface area contributed by atoms with Gasteiger partial charge in [0, 0.05) is 23.7 Å². The first-order valence-electron chi connectivity index (χ1n) is 8.38. The Balaban J connectivity index is 1.45. The van der Waals surface area contributed by atoms with E-state index in [2.05, 4.69) is 15.2 Å². The minimum atomic E-state index is -0.418. The van der Waals surface area contributed by atoms with Gasteiger partial charge >= 0.3 is 0 Å². The Labute approximate surface area is 164 Å². The van der Waals surface area contributed by atoms with Crippen LogP contribution in [0.1, 0.15) is 11.1 Å². The predicted octanol–water partition coefficient (Wildman–Crippen LogP) is 5.10. The number of pyridine rings is 1. The molecular weight excluding hydrogens is 375 g/mol. The molecule has 2 heterocycles. The van der Waals surface area contributed by atoms with Crippen molar-refractivity contribution in [2.24, 2.45) is 0 Å². The van der Waals surface area contributed by atoms with E-state index in [9.17, 15) is 9.65 Å². The molecular formula is C21H13FN4OS. The largest absolute Gasteiger partial charge is 0.411 e. The lowest BCUT2D eigenvalue weighted by Crippen LogP contribution is -1.87. The summed E-state index contributed by atoms with van der Waals surface area (Å²) < 4.78 is 19.0. The van der Waals surface area contributed by atoms with Crippen molar-refractivity contribution in [2.45, 2.75) is 11.0 Å². The summed E-state index contributed by atoms with van der Waals surface area (Å²) in [4.78, 5) is 3.97. The Morgan fingerprint density at radius 3 is 2.50 bits per heavy atom. The Morgan fingerprint density at radius 2 is 1.75 bits per heavy atom. The number of halogens is 1. The molecule has 0 saturated carbocycles. The molecule has 0 N–H and O–H groups in total. The first-order chi connectivity index (χ1) is 13.7. The summed E-state index contributed by atoms with van der Waals surface area (Å²) in [6.45, 7) is 0. The van der Waals surface area contributed by atoms with Crippen LogP contribution in [0.4, 0.5) is 4.39 Å².